The highest BCUT2D eigenvalue weighted by molar-refractivity contribution is 6.05. The fourth-order valence-electron chi connectivity index (χ4n) is 2.25. The summed E-state index contributed by atoms with van der Waals surface area (Å²) in [5.74, 6) is -0.101. The number of carbonyl (C=O) groups is 1. The summed E-state index contributed by atoms with van der Waals surface area (Å²) < 4.78 is 0. The standard InChI is InChI=1S/C16H15N3O/c1-11(14-7-2-3-9-17-14)19-16(20)13-6-4-5-12-8-10-18-15(12)13/h2-11,18H,1H3,(H,19,20). The minimum Gasteiger partial charge on any atom is -0.361 e. The Bertz CT molecular complexity index is 734. The molecule has 0 saturated carbocycles. The number of aromatic amines is 1. The molecule has 0 aliphatic rings. The Hall–Kier alpha value is -2.62. The van der Waals surface area contributed by atoms with Crippen molar-refractivity contribution in [1.29, 1.82) is 0 Å². The van der Waals surface area contributed by atoms with Crippen LogP contribution in [0.4, 0.5) is 0 Å². The van der Waals surface area contributed by atoms with E-state index in [1.165, 1.54) is 0 Å². The minimum absolute atomic E-state index is 0.101. The molecule has 20 heavy (non-hydrogen) atoms. The highest BCUT2D eigenvalue weighted by Gasteiger charge is 2.14. The zero-order valence-corrected chi connectivity index (χ0v) is 11.1. The van der Waals surface area contributed by atoms with Crippen molar-refractivity contribution in [1.82, 2.24) is 15.3 Å². The first-order valence-corrected chi connectivity index (χ1v) is 6.53. The first-order chi connectivity index (χ1) is 9.75. The third-order valence-corrected chi connectivity index (χ3v) is 3.31. The average Bonchev–Trinajstić information content (AvgIpc) is 2.96. The molecule has 2 heterocycles. The molecule has 1 atom stereocenters. The Kier molecular flexibility index (Phi) is 3.21. The zero-order chi connectivity index (χ0) is 13.9. The molecule has 1 aromatic carbocycles. The van der Waals surface area contributed by atoms with Crippen molar-refractivity contribution in [2.45, 2.75) is 13.0 Å². The van der Waals surface area contributed by atoms with Crippen LogP contribution in [-0.4, -0.2) is 15.9 Å². The van der Waals surface area contributed by atoms with Crippen molar-refractivity contribution >= 4 is 16.8 Å². The molecule has 4 heteroatoms. The van der Waals surface area contributed by atoms with E-state index in [1.54, 1.807) is 6.20 Å². The second-order valence-electron chi connectivity index (χ2n) is 4.70. The molecule has 1 amide bonds. The van der Waals surface area contributed by atoms with Gasteiger partial charge in [-0.3, -0.25) is 9.78 Å². The van der Waals surface area contributed by atoms with Gasteiger partial charge in [0, 0.05) is 17.8 Å². The van der Waals surface area contributed by atoms with Gasteiger partial charge >= 0.3 is 0 Å². The SMILES string of the molecule is CC(NC(=O)c1cccc2cc[nH]c12)c1ccccn1. The number of carbonyl (C=O) groups excluding carboxylic acids is 1. The quantitative estimate of drug-likeness (QED) is 0.764. The van der Waals surface area contributed by atoms with E-state index in [9.17, 15) is 4.79 Å². The van der Waals surface area contributed by atoms with Crippen LogP contribution in [0.15, 0.2) is 54.9 Å². The summed E-state index contributed by atoms with van der Waals surface area (Å²) in [4.78, 5) is 19.7. The first kappa shape index (κ1) is 12.4. The van der Waals surface area contributed by atoms with Crippen LogP contribution in [0.3, 0.4) is 0 Å². The number of hydrogen-bond donors (Lipinski definition) is 2. The zero-order valence-electron chi connectivity index (χ0n) is 11.1. The van der Waals surface area contributed by atoms with Gasteiger partial charge in [0.05, 0.1) is 22.8 Å². The molecule has 0 aliphatic heterocycles. The lowest BCUT2D eigenvalue weighted by atomic mass is 10.1. The number of para-hydroxylation sites is 1. The van der Waals surface area contributed by atoms with Crippen molar-refractivity contribution in [2.75, 3.05) is 0 Å². The lowest BCUT2D eigenvalue weighted by Crippen LogP contribution is -2.27. The summed E-state index contributed by atoms with van der Waals surface area (Å²) >= 11 is 0. The van der Waals surface area contributed by atoms with Gasteiger partial charge < -0.3 is 10.3 Å². The molecule has 0 spiro atoms. The van der Waals surface area contributed by atoms with Gasteiger partial charge in [0.2, 0.25) is 0 Å². The molecule has 2 N–H and O–H groups in total. The van der Waals surface area contributed by atoms with Gasteiger partial charge in [-0.15, -0.1) is 0 Å². The van der Waals surface area contributed by atoms with Crippen LogP contribution >= 0.6 is 0 Å². The van der Waals surface area contributed by atoms with Crippen LogP contribution in [-0.2, 0) is 0 Å². The number of nitrogens with zero attached hydrogens (tertiary/aromatic N) is 1. The predicted molar refractivity (Wildman–Crippen MR) is 78.4 cm³/mol. The van der Waals surface area contributed by atoms with Crippen LogP contribution in [0.5, 0.6) is 0 Å². The van der Waals surface area contributed by atoms with E-state index in [1.807, 2.05) is 55.6 Å². The van der Waals surface area contributed by atoms with Crippen molar-refractivity contribution in [3.63, 3.8) is 0 Å². The number of benzene rings is 1. The van der Waals surface area contributed by atoms with E-state index in [0.717, 1.165) is 16.6 Å². The molecule has 1 unspecified atom stereocenters. The summed E-state index contributed by atoms with van der Waals surface area (Å²) in [6.07, 6.45) is 3.56. The molecular weight excluding hydrogens is 250 g/mol. The van der Waals surface area contributed by atoms with Gasteiger partial charge in [0.25, 0.3) is 5.91 Å². The molecule has 0 aliphatic carbocycles. The van der Waals surface area contributed by atoms with E-state index in [-0.39, 0.29) is 11.9 Å². The maximum Gasteiger partial charge on any atom is 0.253 e. The van der Waals surface area contributed by atoms with Crippen molar-refractivity contribution in [2.24, 2.45) is 0 Å². The van der Waals surface area contributed by atoms with Crippen LogP contribution < -0.4 is 5.32 Å². The van der Waals surface area contributed by atoms with Crippen LogP contribution in [0.1, 0.15) is 29.0 Å². The molecule has 100 valence electrons. The number of amides is 1. The van der Waals surface area contributed by atoms with Crippen molar-refractivity contribution in [3.05, 3.63) is 66.1 Å². The lowest BCUT2D eigenvalue weighted by Gasteiger charge is -2.13. The number of rotatable bonds is 3. The summed E-state index contributed by atoms with van der Waals surface area (Å²) in [7, 11) is 0. The lowest BCUT2D eigenvalue weighted by molar-refractivity contribution is 0.0940. The number of nitrogens with one attached hydrogen (secondary N) is 2. The van der Waals surface area contributed by atoms with Gasteiger partial charge in [0.15, 0.2) is 0 Å². The molecule has 4 nitrogen and oxygen atoms in total. The van der Waals surface area contributed by atoms with Crippen LogP contribution in [0.2, 0.25) is 0 Å². The Morgan fingerprint density at radius 1 is 1.20 bits per heavy atom. The van der Waals surface area contributed by atoms with E-state index in [4.69, 9.17) is 0 Å². The molecule has 3 rings (SSSR count). The summed E-state index contributed by atoms with van der Waals surface area (Å²) in [6, 6.07) is 13.2. The highest BCUT2D eigenvalue weighted by Crippen LogP contribution is 2.18. The monoisotopic (exact) mass is 265 g/mol. The number of H-pyrrole nitrogens is 1. The van der Waals surface area contributed by atoms with E-state index in [0.29, 0.717) is 5.56 Å². The first-order valence-electron chi connectivity index (χ1n) is 6.53. The Morgan fingerprint density at radius 3 is 2.90 bits per heavy atom. The van der Waals surface area contributed by atoms with Gasteiger partial charge in [-0.1, -0.05) is 18.2 Å². The molecule has 0 radical (unpaired) electrons. The average molecular weight is 265 g/mol. The predicted octanol–water partition coefficient (Wildman–Crippen LogP) is 3.05. The smallest absolute Gasteiger partial charge is 0.253 e. The second-order valence-corrected chi connectivity index (χ2v) is 4.70. The van der Waals surface area contributed by atoms with E-state index in [2.05, 4.69) is 15.3 Å². The number of fused-ring (bicyclic) bond motifs is 1. The minimum atomic E-state index is -0.131. The van der Waals surface area contributed by atoms with E-state index < -0.39 is 0 Å². The largest absolute Gasteiger partial charge is 0.361 e. The molecular formula is C16H15N3O. The Morgan fingerprint density at radius 2 is 2.10 bits per heavy atom. The second kappa shape index (κ2) is 5.17. The van der Waals surface area contributed by atoms with Gasteiger partial charge in [-0.2, -0.15) is 0 Å². The fourth-order valence-corrected chi connectivity index (χ4v) is 2.25. The molecule has 3 aromatic rings. The summed E-state index contributed by atoms with van der Waals surface area (Å²) in [5.41, 5.74) is 2.35. The Balaban J connectivity index is 1.85. The van der Waals surface area contributed by atoms with Gasteiger partial charge in [0.1, 0.15) is 0 Å². The van der Waals surface area contributed by atoms with Crippen LogP contribution in [0.25, 0.3) is 10.9 Å². The third-order valence-electron chi connectivity index (χ3n) is 3.31. The third kappa shape index (κ3) is 2.28. The number of pyridine rings is 1. The molecule has 0 fully saturated rings. The number of hydrogen-bond acceptors (Lipinski definition) is 2. The van der Waals surface area contributed by atoms with E-state index >= 15 is 0 Å². The number of aromatic nitrogens is 2. The highest BCUT2D eigenvalue weighted by atomic mass is 16.1. The summed E-state index contributed by atoms with van der Waals surface area (Å²) in [5, 5.41) is 4.00. The molecule has 2 aromatic heterocycles. The van der Waals surface area contributed by atoms with Gasteiger partial charge in [-0.25, -0.2) is 0 Å². The van der Waals surface area contributed by atoms with Crippen molar-refractivity contribution < 1.29 is 4.79 Å². The molecule has 0 bridgehead atoms. The topological polar surface area (TPSA) is 57.8 Å². The maximum absolute atomic E-state index is 12.4. The van der Waals surface area contributed by atoms with Gasteiger partial charge in [-0.05, 0) is 31.2 Å². The Labute approximate surface area is 116 Å². The normalized spacial score (nSPS) is 12.2. The van der Waals surface area contributed by atoms with Crippen molar-refractivity contribution in [3.8, 4) is 0 Å². The maximum atomic E-state index is 12.4. The van der Waals surface area contributed by atoms with Crippen LogP contribution in [0, 0.1) is 0 Å². The molecule has 0 saturated heterocycles. The fraction of sp³-hybridized carbons (Fsp3) is 0.125. The summed E-state index contributed by atoms with van der Waals surface area (Å²) in [6.45, 7) is 1.93.